The van der Waals surface area contributed by atoms with Crippen molar-refractivity contribution < 1.29 is 4.79 Å². The fraction of sp³-hybridized carbons (Fsp3) is 0.100. The molecule has 66 valence electrons. The molecule has 0 saturated heterocycles. The smallest absolute Gasteiger partial charge is 0.214 e. The number of halogens is 1. The largest absolute Gasteiger partial charge is 0.304 e. The van der Waals surface area contributed by atoms with Crippen molar-refractivity contribution in [2.75, 3.05) is 0 Å². The summed E-state index contributed by atoms with van der Waals surface area (Å²) in [6.07, 6.45) is 2.78. The predicted octanol–water partition coefficient (Wildman–Crippen LogP) is 2.35. The highest BCUT2D eigenvalue weighted by Crippen LogP contribution is 2.26. The zero-order valence-electron chi connectivity index (χ0n) is 6.90. The number of carbonyl (C=O) groups is 1. The zero-order valence-corrected chi connectivity index (χ0v) is 8.49. The zero-order chi connectivity index (χ0) is 9.26. The van der Waals surface area contributed by atoms with E-state index in [4.69, 9.17) is 0 Å². The van der Waals surface area contributed by atoms with Gasteiger partial charge in [-0.1, -0.05) is 24.3 Å². The van der Waals surface area contributed by atoms with Gasteiger partial charge in [0.2, 0.25) is 6.41 Å². The van der Waals surface area contributed by atoms with Crippen molar-refractivity contribution >= 4 is 28.4 Å². The lowest BCUT2D eigenvalue weighted by Crippen LogP contribution is -2.21. The van der Waals surface area contributed by atoms with Gasteiger partial charge in [0.25, 0.3) is 0 Å². The molecule has 2 nitrogen and oxygen atoms in total. The molecule has 0 aromatic heterocycles. The summed E-state index contributed by atoms with van der Waals surface area (Å²) in [7, 11) is 0. The summed E-state index contributed by atoms with van der Waals surface area (Å²) < 4.78 is 0.821. The highest BCUT2D eigenvalue weighted by Gasteiger charge is 2.14. The van der Waals surface area contributed by atoms with E-state index in [9.17, 15) is 4.79 Å². The van der Waals surface area contributed by atoms with Crippen LogP contribution in [0.3, 0.4) is 0 Å². The Balaban J connectivity index is 2.46. The Morgan fingerprint density at radius 1 is 1.38 bits per heavy atom. The molecular formula is C10H8BrNO. The molecule has 1 aromatic rings. The Labute approximate surface area is 85.0 Å². The monoisotopic (exact) mass is 237 g/mol. The fourth-order valence-corrected chi connectivity index (χ4v) is 1.83. The number of fused-ring (bicyclic) bond motifs is 1. The second kappa shape index (κ2) is 3.34. The van der Waals surface area contributed by atoms with E-state index in [1.807, 2.05) is 30.3 Å². The number of carbonyl (C=O) groups excluding carboxylic acids is 1. The molecule has 0 spiro atoms. The lowest BCUT2D eigenvalue weighted by Gasteiger charge is -2.22. The van der Waals surface area contributed by atoms with Gasteiger partial charge in [0.15, 0.2) is 0 Å². The van der Waals surface area contributed by atoms with Crippen molar-refractivity contribution in [3.63, 3.8) is 0 Å². The second-order valence-corrected chi connectivity index (χ2v) is 3.71. The first-order valence-electron chi connectivity index (χ1n) is 3.98. The van der Waals surface area contributed by atoms with E-state index < -0.39 is 0 Å². The van der Waals surface area contributed by atoms with Gasteiger partial charge in [0, 0.05) is 0 Å². The fourth-order valence-electron chi connectivity index (χ4n) is 1.38. The molecule has 0 radical (unpaired) electrons. The molecule has 0 aliphatic carbocycles. The molecule has 1 heterocycles. The molecule has 0 unspecified atom stereocenters. The first kappa shape index (κ1) is 8.51. The van der Waals surface area contributed by atoms with Gasteiger partial charge in [-0.05, 0) is 33.1 Å². The standard InChI is InChI=1S/C10H8BrNO/c11-10-5-8-3-1-2-4-9(8)6-12(10)7-13/h1-5,7H,6H2. The van der Waals surface area contributed by atoms with E-state index in [1.165, 1.54) is 11.1 Å². The van der Waals surface area contributed by atoms with E-state index in [-0.39, 0.29) is 0 Å². The van der Waals surface area contributed by atoms with Gasteiger partial charge < -0.3 is 4.90 Å². The third kappa shape index (κ3) is 1.52. The average Bonchev–Trinajstić information content (AvgIpc) is 2.17. The van der Waals surface area contributed by atoms with Crippen LogP contribution in [0.25, 0.3) is 6.08 Å². The van der Waals surface area contributed by atoms with Crippen LogP contribution in [0, 0.1) is 0 Å². The maximum atomic E-state index is 10.6. The van der Waals surface area contributed by atoms with Gasteiger partial charge in [-0.15, -0.1) is 0 Å². The van der Waals surface area contributed by atoms with Crippen LogP contribution in [0.2, 0.25) is 0 Å². The molecule has 0 saturated carbocycles. The lowest BCUT2D eigenvalue weighted by molar-refractivity contribution is -0.116. The van der Waals surface area contributed by atoms with E-state index in [0.717, 1.165) is 11.0 Å². The highest BCUT2D eigenvalue weighted by atomic mass is 79.9. The topological polar surface area (TPSA) is 20.3 Å². The molecule has 1 aliphatic heterocycles. The number of hydrogen-bond donors (Lipinski definition) is 0. The van der Waals surface area contributed by atoms with E-state index in [2.05, 4.69) is 15.9 Å². The van der Waals surface area contributed by atoms with E-state index in [0.29, 0.717) is 6.54 Å². The number of nitrogens with zero attached hydrogens (tertiary/aromatic N) is 1. The lowest BCUT2D eigenvalue weighted by atomic mass is 10.1. The maximum Gasteiger partial charge on any atom is 0.214 e. The van der Waals surface area contributed by atoms with Gasteiger partial charge in [0.1, 0.15) is 0 Å². The van der Waals surface area contributed by atoms with Crippen molar-refractivity contribution in [3.8, 4) is 0 Å². The van der Waals surface area contributed by atoms with Crippen LogP contribution in [-0.2, 0) is 11.3 Å². The maximum absolute atomic E-state index is 10.6. The third-order valence-electron chi connectivity index (χ3n) is 2.07. The van der Waals surface area contributed by atoms with Crippen LogP contribution in [-0.4, -0.2) is 11.3 Å². The SMILES string of the molecule is O=CN1Cc2ccccc2C=C1Br. The van der Waals surface area contributed by atoms with E-state index >= 15 is 0 Å². The van der Waals surface area contributed by atoms with Crippen molar-refractivity contribution in [3.05, 3.63) is 40.0 Å². The summed E-state index contributed by atoms with van der Waals surface area (Å²) in [6, 6.07) is 8.04. The summed E-state index contributed by atoms with van der Waals surface area (Å²) >= 11 is 3.34. The summed E-state index contributed by atoms with van der Waals surface area (Å²) in [5.74, 6) is 0. The molecule has 1 amide bonds. The molecule has 0 N–H and O–H groups in total. The molecule has 13 heavy (non-hydrogen) atoms. The molecule has 1 aromatic carbocycles. The van der Waals surface area contributed by atoms with Gasteiger partial charge >= 0.3 is 0 Å². The molecular weight excluding hydrogens is 230 g/mol. The summed E-state index contributed by atoms with van der Waals surface area (Å²) in [5, 5.41) is 0. The van der Waals surface area contributed by atoms with Crippen LogP contribution in [0.15, 0.2) is 28.9 Å². The van der Waals surface area contributed by atoms with Gasteiger partial charge in [0.05, 0.1) is 11.2 Å². The van der Waals surface area contributed by atoms with Crippen molar-refractivity contribution in [1.29, 1.82) is 0 Å². The van der Waals surface area contributed by atoms with Crippen LogP contribution >= 0.6 is 15.9 Å². The summed E-state index contributed by atoms with van der Waals surface area (Å²) in [4.78, 5) is 12.3. The Hall–Kier alpha value is -1.09. The third-order valence-corrected chi connectivity index (χ3v) is 2.76. The van der Waals surface area contributed by atoms with Gasteiger partial charge in [-0.3, -0.25) is 4.79 Å². The molecule has 0 atom stereocenters. The van der Waals surface area contributed by atoms with Crippen LogP contribution in [0.4, 0.5) is 0 Å². The Morgan fingerprint density at radius 3 is 2.92 bits per heavy atom. The van der Waals surface area contributed by atoms with Crippen LogP contribution in [0.5, 0.6) is 0 Å². The average molecular weight is 238 g/mol. The Kier molecular flexibility index (Phi) is 2.19. The molecule has 2 rings (SSSR count). The molecule has 1 aliphatic rings. The van der Waals surface area contributed by atoms with Crippen LogP contribution in [0.1, 0.15) is 11.1 Å². The number of rotatable bonds is 1. The first-order chi connectivity index (χ1) is 6.31. The van der Waals surface area contributed by atoms with Gasteiger partial charge in [-0.2, -0.15) is 0 Å². The van der Waals surface area contributed by atoms with Crippen molar-refractivity contribution in [2.45, 2.75) is 6.54 Å². The minimum atomic E-state index is 0.650. The second-order valence-electron chi connectivity index (χ2n) is 2.90. The first-order valence-corrected chi connectivity index (χ1v) is 4.77. The van der Waals surface area contributed by atoms with Crippen molar-refractivity contribution in [2.24, 2.45) is 0 Å². The van der Waals surface area contributed by atoms with Crippen LogP contribution < -0.4 is 0 Å². The summed E-state index contributed by atoms with van der Waals surface area (Å²) in [5.41, 5.74) is 2.35. The normalized spacial score (nSPS) is 14.8. The minimum absolute atomic E-state index is 0.650. The van der Waals surface area contributed by atoms with E-state index in [1.54, 1.807) is 4.90 Å². The summed E-state index contributed by atoms with van der Waals surface area (Å²) in [6.45, 7) is 0.650. The Bertz CT molecular complexity index is 373. The Morgan fingerprint density at radius 2 is 2.15 bits per heavy atom. The highest BCUT2D eigenvalue weighted by molar-refractivity contribution is 9.11. The predicted molar refractivity (Wildman–Crippen MR) is 55.0 cm³/mol. The molecule has 0 fully saturated rings. The van der Waals surface area contributed by atoms with Crippen molar-refractivity contribution in [1.82, 2.24) is 4.90 Å². The molecule has 0 bridgehead atoms. The number of benzene rings is 1. The minimum Gasteiger partial charge on any atom is -0.304 e. The number of amides is 1. The molecule has 3 heteroatoms. The number of hydrogen-bond acceptors (Lipinski definition) is 1. The van der Waals surface area contributed by atoms with Gasteiger partial charge in [-0.25, -0.2) is 0 Å². The quantitative estimate of drug-likeness (QED) is 0.543.